The second-order valence-electron chi connectivity index (χ2n) is 7.15. The molecule has 1 fully saturated rings. The first kappa shape index (κ1) is 17.5. The first-order valence-electron chi connectivity index (χ1n) is 9.25. The first-order valence-corrected chi connectivity index (χ1v) is 9.25. The van der Waals surface area contributed by atoms with Gasteiger partial charge in [0.1, 0.15) is 23.9 Å². The van der Waals surface area contributed by atoms with Gasteiger partial charge in [-0.15, -0.1) is 10.2 Å². The fourth-order valence-electron chi connectivity index (χ4n) is 3.79. The quantitative estimate of drug-likeness (QED) is 0.706. The molecule has 1 aliphatic heterocycles. The van der Waals surface area contributed by atoms with Crippen molar-refractivity contribution in [1.82, 2.24) is 29.4 Å². The van der Waals surface area contributed by atoms with Gasteiger partial charge in [-0.3, -0.25) is 9.48 Å². The van der Waals surface area contributed by atoms with Gasteiger partial charge in [0.25, 0.3) is 5.91 Å². The predicted octanol–water partition coefficient (Wildman–Crippen LogP) is 2.29. The van der Waals surface area contributed by atoms with Crippen molar-refractivity contribution in [3.63, 3.8) is 0 Å². The Bertz CT molecular complexity index is 940. The van der Waals surface area contributed by atoms with E-state index in [1.165, 1.54) is 0 Å². The van der Waals surface area contributed by atoms with E-state index in [9.17, 15) is 4.79 Å². The molecule has 0 aromatic carbocycles. The Hall–Kier alpha value is -2.90. The molecule has 3 aromatic heterocycles. The Kier molecular flexibility index (Phi) is 4.55. The van der Waals surface area contributed by atoms with E-state index >= 15 is 0 Å². The van der Waals surface area contributed by atoms with E-state index in [-0.39, 0.29) is 11.8 Å². The minimum Gasteiger partial charge on any atom is -0.466 e. The molecule has 8 heteroatoms. The number of carbonyl (C=O) groups excluding carboxylic acids is 1. The molecule has 0 radical (unpaired) electrons. The molecular formula is C19H24N6O2. The Morgan fingerprint density at radius 3 is 2.89 bits per heavy atom. The van der Waals surface area contributed by atoms with Crippen molar-refractivity contribution in [3.8, 4) is 0 Å². The molecule has 1 atom stereocenters. The highest BCUT2D eigenvalue weighted by Crippen LogP contribution is 2.27. The Morgan fingerprint density at radius 2 is 2.19 bits per heavy atom. The molecular weight excluding hydrogens is 344 g/mol. The van der Waals surface area contributed by atoms with Crippen molar-refractivity contribution >= 4 is 5.91 Å². The first-order chi connectivity index (χ1) is 13.0. The van der Waals surface area contributed by atoms with Crippen molar-refractivity contribution in [3.05, 3.63) is 53.3 Å². The van der Waals surface area contributed by atoms with E-state index in [1.54, 1.807) is 6.20 Å². The van der Waals surface area contributed by atoms with Gasteiger partial charge in [-0.05, 0) is 38.8 Å². The summed E-state index contributed by atoms with van der Waals surface area (Å²) >= 11 is 0. The minimum absolute atomic E-state index is 0.0352. The maximum atomic E-state index is 12.9. The average Bonchev–Trinajstić information content (AvgIpc) is 3.37. The summed E-state index contributed by atoms with van der Waals surface area (Å²) in [5.74, 6) is 3.45. The molecule has 142 valence electrons. The summed E-state index contributed by atoms with van der Waals surface area (Å²) in [5, 5.41) is 13.0. The molecule has 0 N–H and O–H groups in total. The molecule has 4 rings (SSSR count). The number of nitrogens with zero attached hydrogens (tertiary/aromatic N) is 6. The fourth-order valence-corrected chi connectivity index (χ4v) is 3.79. The van der Waals surface area contributed by atoms with Crippen LogP contribution in [0.15, 0.2) is 28.9 Å². The highest BCUT2D eigenvalue weighted by atomic mass is 16.3. The molecule has 3 aromatic rings. The third kappa shape index (κ3) is 3.39. The van der Waals surface area contributed by atoms with E-state index in [0.29, 0.717) is 24.4 Å². The van der Waals surface area contributed by atoms with E-state index in [2.05, 4.69) is 15.3 Å². The van der Waals surface area contributed by atoms with E-state index in [0.717, 1.165) is 36.8 Å². The second kappa shape index (κ2) is 7.02. The Morgan fingerprint density at radius 1 is 1.33 bits per heavy atom. The summed E-state index contributed by atoms with van der Waals surface area (Å²) in [4.78, 5) is 14.8. The average molecular weight is 368 g/mol. The summed E-state index contributed by atoms with van der Waals surface area (Å²) < 4.78 is 9.39. The number of hydrogen-bond donors (Lipinski definition) is 0. The lowest BCUT2D eigenvalue weighted by atomic mass is 9.96. The lowest BCUT2D eigenvalue weighted by Gasteiger charge is -2.32. The molecule has 27 heavy (non-hydrogen) atoms. The van der Waals surface area contributed by atoms with Crippen LogP contribution in [-0.2, 0) is 13.6 Å². The van der Waals surface area contributed by atoms with Crippen LogP contribution in [0.5, 0.6) is 0 Å². The number of piperidine rings is 1. The Labute approximate surface area is 157 Å². The zero-order valence-electron chi connectivity index (χ0n) is 15.9. The number of furan rings is 1. The molecule has 0 bridgehead atoms. The summed E-state index contributed by atoms with van der Waals surface area (Å²) in [6, 6.07) is 3.72. The number of amides is 1. The van der Waals surface area contributed by atoms with Gasteiger partial charge in [-0.1, -0.05) is 0 Å². The van der Waals surface area contributed by atoms with Gasteiger partial charge in [0.15, 0.2) is 5.82 Å². The second-order valence-corrected chi connectivity index (χ2v) is 7.15. The maximum absolute atomic E-state index is 12.9. The topological polar surface area (TPSA) is 82.0 Å². The highest BCUT2D eigenvalue weighted by molar-refractivity contribution is 5.95. The predicted molar refractivity (Wildman–Crippen MR) is 98.4 cm³/mol. The van der Waals surface area contributed by atoms with Crippen LogP contribution in [0.4, 0.5) is 0 Å². The van der Waals surface area contributed by atoms with Gasteiger partial charge in [0, 0.05) is 38.4 Å². The number of rotatable bonds is 4. The Balaban J connectivity index is 1.51. The molecule has 0 unspecified atom stereocenters. The normalized spacial score (nSPS) is 17.4. The number of hydrogen-bond acceptors (Lipinski definition) is 5. The van der Waals surface area contributed by atoms with Crippen LogP contribution in [0, 0.1) is 13.8 Å². The van der Waals surface area contributed by atoms with E-state index < -0.39 is 0 Å². The molecule has 0 spiro atoms. The van der Waals surface area contributed by atoms with Crippen LogP contribution in [0.3, 0.4) is 0 Å². The van der Waals surface area contributed by atoms with Crippen LogP contribution in [-0.4, -0.2) is 48.4 Å². The summed E-state index contributed by atoms with van der Waals surface area (Å²) in [6.45, 7) is 5.70. The zero-order valence-corrected chi connectivity index (χ0v) is 15.9. The van der Waals surface area contributed by atoms with Crippen molar-refractivity contribution in [2.75, 3.05) is 13.1 Å². The van der Waals surface area contributed by atoms with Crippen LogP contribution in [0.25, 0.3) is 0 Å². The van der Waals surface area contributed by atoms with Crippen molar-refractivity contribution in [2.24, 2.45) is 7.05 Å². The van der Waals surface area contributed by atoms with Crippen molar-refractivity contribution in [2.45, 2.75) is 39.2 Å². The van der Waals surface area contributed by atoms with Gasteiger partial charge in [-0.25, -0.2) is 0 Å². The van der Waals surface area contributed by atoms with Gasteiger partial charge in [0.2, 0.25) is 0 Å². The standard InChI is InChI=1S/C19H24N6O2/c1-13-10-16(14(2)27-13)19(26)24-8-4-6-15(11-24)18-22-21-17(23(18)3)12-25-9-5-7-20-25/h5,7,9-10,15H,4,6,8,11-12H2,1-3H3/t15-/m1/s1. The lowest BCUT2D eigenvalue weighted by molar-refractivity contribution is 0.0701. The number of aromatic nitrogens is 5. The third-order valence-corrected chi connectivity index (χ3v) is 5.21. The van der Waals surface area contributed by atoms with Gasteiger partial charge < -0.3 is 13.9 Å². The van der Waals surface area contributed by atoms with E-state index in [4.69, 9.17) is 4.42 Å². The number of likely N-dealkylation sites (tertiary alicyclic amines) is 1. The molecule has 4 heterocycles. The zero-order chi connectivity index (χ0) is 19.0. The van der Waals surface area contributed by atoms with Crippen LogP contribution < -0.4 is 0 Å². The molecule has 1 aliphatic rings. The summed E-state index contributed by atoms with van der Waals surface area (Å²) in [7, 11) is 1.98. The SMILES string of the molecule is Cc1cc(C(=O)N2CCC[C@@H](c3nnc(Cn4cccn4)n3C)C2)c(C)o1. The molecule has 0 saturated carbocycles. The third-order valence-electron chi connectivity index (χ3n) is 5.21. The van der Waals surface area contributed by atoms with E-state index in [1.807, 2.05) is 53.4 Å². The number of carbonyl (C=O) groups is 1. The van der Waals surface area contributed by atoms with Crippen molar-refractivity contribution < 1.29 is 9.21 Å². The largest absolute Gasteiger partial charge is 0.466 e. The van der Waals surface area contributed by atoms with Crippen LogP contribution >= 0.6 is 0 Å². The molecule has 0 aliphatic carbocycles. The summed E-state index contributed by atoms with van der Waals surface area (Å²) in [5.41, 5.74) is 0.658. The molecule has 8 nitrogen and oxygen atoms in total. The fraction of sp³-hybridized carbons (Fsp3) is 0.474. The lowest BCUT2D eigenvalue weighted by Crippen LogP contribution is -2.39. The summed E-state index contributed by atoms with van der Waals surface area (Å²) in [6.07, 6.45) is 5.61. The highest BCUT2D eigenvalue weighted by Gasteiger charge is 2.30. The smallest absolute Gasteiger partial charge is 0.257 e. The number of aryl methyl sites for hydroxylation is 2. The van der Waals surface area contributed by atoms with Crippen LogP contribution in [0.1, 0.15) is 52.3 Å². The minimum atomic E-state index is 0.0352. The van der Waals surface area contributed by atoms with Gasteiger partial charge in [-0.2, -0.15) is 5.10 Å². The monoisotopic (exact) mass is 368 g/mol. The van der Waals surface area contributed by atoms with Gasteiger partial charge >= 0.3 is 0 Å². The molecule has 1 saturated heterocycles. The van der Waals surface area contributed by atoms with Crippen LogP contribution in [0.2, 0.25) is 0 Å². The molecule has 1 amide bonds. The van der Waals surface area contributed by atoms with Gasteiger partial charge in [0.05, 0.1) is 5.56 Å². The maximum Gasteiger partial charge on any atom is 0.257 e. The van der Waals surface area contributed by atoms with Crippen molar-refractivity contribution in [1.29, 1.82) is 0 Å².